The number of benzene rings is 1. The molecule has 0 radical (unpaired) electrons. The van der Waals surface area contributed by atoms with E-state index < -0.39 is 0 Å². The molecule has 0 unspecified atom stereocenters. The molecular formula is C10H8BrCl2N. The lowest BCUT2D eigenvalue weighted by molar-refractivity contribution is 1.32. The van der Waals surface area contributed by atoms with Crippen LogP contribution >= 0.6 is 39.1 Å². The van der Waals surface area contributed by atoms with Gasteiger partial charge >= 0.3 is 0 Å². The van der Waals surface area contributed by atoms with Crippen LogP contribution in [0.1, 0.15) is 12.0 Å². The van der Waals surface area contributed by atoms with Gasteiger partial charge < -0.3 is 5.73 Å². The first-order valence-electron chi connectivity index (χ1n) is 3.94. The van der Waals surface area contributed by atoms with Gasteiger partial charge in [-0.15, -0.1) is 0 Å². The van der Waals surface area contributed by atoms with Crippen molar-refractivity contribution >= 4 is 44.8 Å². The fourth-order valence-corrected chi connectivity index (χ4v) is 1.44. The van der Waals surface area contributed by atoms with Crippen LogP contribution in [0, 0.1) is 11.8 Å². The first kappa shape index (κ1) is 11.7. The number of hydrogen-bond donors (Lipinski definition) is 1. The van der Waals surface area contributed by atoms with Crippen molar-refractivity contribution in [3.8, 4) is 11.8 Å². The number of nitrogen functional groups attached to an aromatic ring is 1. The highest BCUT2D eigenvalue weighted by molar-refractivity contribution is 9.09. The van der Waals surface area contributed by atoms with Gasteiger partial charge in [0.2, 0.25) is 0 Å². The molecule has 1 aromatic rings. The summed E-state index contributed by atoms with van der Waals surface area (Å²) in [6.45, 7) is 0. The van der Waals surface area contributed by atoms with Crippen LogP contribution in [-0.4, -0.2) is 5.33 Å². The largest absolute Gasteiger partial charge is 0.397 e. The second kappa shape index (κ2) is 5.50. The van der Waals surface area contributed by atoms with Crippen molar-refractivity contribution in [1.82, 2.24) is 0 Å². The van der Waals surface area contributed by atoms with Gasteiger partial charge in [0.05, 0.1) is 15.7 Å². The maximum absolute atomic E-state index is 5.93. The Bertz CT molecular complexity index is 393. The first-order chi connectivity index (χ1) is 6.65. The number of halogens is 3. The number of rotatable bonds is 1. The molecular weight excluding hydrogens is 285 g/mol. The van der Waals surface area contributed by atoms with Gasteiger partial charge in [-0.2, -0.15) is 0 Å². The zero-order valence-electron chi connectivity index (χ0n) is 7.28. The highest BCUT2D eigenvalue weighted by Gasteiger charge is 2.02. The minimum atomic E-state index is 0.475. The highest BCUT2D eigenvalue weighted by atomic mass is 79.9. The molecule has 0 aliphatic heterocycles. The quantitative estimate of drug-likeness (QED) is 0.477. The van der Waals surface area contributed by atoms with Crippen LogP contribution in [-0.2, 0) is 0 Å². The average Bonchev–Trinajstić information content (AvgIpc) is 2.14. The van der Waals surface area contributed by atoms with Gasteiger partial charge in [0.25, 0.3) is 0 Å². The van der Waals surface area contributed by atoms with E-state index in [-0.39, 0.29) is 0 Å². The normalized spacial score (nSPS) is 9.36. The van der Waals surface area contributed by atoms with Crippen LogP contribution in [0.25, 0.3) is 0 Å². The maximum Gasteiger partial charge on any atom is 0.0648 e. The van der Waals surface area contributed by atoms with Crippen molar-refractivity contribution in [2.45, 2.75) is 6.42 Å². The van der Waals surface area contributed by atoms with Gasteiger partial charge in [0, 0.05) is 17.3 Å². The van der Waals surface area contributed by atoms with Gasteiger partial charge in [-0.25, -0.2) is 0 Å². The molecule has 1 rings (SSSR count). The van der Waals surface area contributed by atoms with E-state index >= 15 is 0 Å². The Labute approximate surface area is 102 Å². The molecule has 4 heteroatoms. The van der Waals surface area contributed by atoms with E-state index in [1.165, 1.54) is 0 Å². The average molecular weight is 293 g/mol. The molecule has 74 valence electrons. The summed E-state index contributed by atoms with van der Waals surface area (Å²) in [5.74, 6) is 5.89. The van der Waals surface area contributed by atoms with Gasteiger partial charge in [-0.3, -0.25) is 0 Å². The van der Waals surface area contributed by atoms with Crippen LogP contribution in [0.4, 0.5) is 5.69 Å². The second-order valence-corrected chi connectivity index (χ2v) is 4.20. The van der Waals surface area contributed by atoms with Gasteiger partial charge in [0.15, 0.2) is 0 Å². The van der Waals surface area contributed by atoms with E-state index in [0.717, 1.165) is 11.8 Å². The van der Waals surface area contributed by atoms with Crippen LogP contribution in [0.5, 0.6) is 0 Å². The summed E-state index contributed by atoms with van der Waals surface area (Å²) in [6, 6.07) is 3.29. The number of hydrogen-bond acceptors (Lipinski definition) is 1. The molecule has 0 atom stereocenters. The topological polar surface area (TPSA) is 26.0 Å². The van der Waals surface area contributed by atoms with Crippen LogP contribution in [0.3, 0.4) is 0 Å². The Hall–Kier alpha value is -0.360. The summed E-state index contributed by atoms with van der Waals surface area (Å²) < 4.78 is 0. The van der Waals surface area contributed by atoms with E-state index in [9.17, 15) is 0 Å². The molecule has 0 saturated heterocycles. The van der Waals surface area contributed by atoms with E-state index in [1.807, 2.05) is 0 Å². The van der Waals surface area contributed by atoms with Gasteiger partial charge in [0.1, 0.15) is 0 Å². The molecule has 0 aliphatic carbocycles. The molecule has 0 bridgehead atoms. The molecule has 0 fully saturated rings. The van der Waals surface area contributed by atoms with Gasteiger partial charge in [-0.05, 0) is 12.1 Å². The maximum atomic E-state index is 5.93. The van der Waals surface area contributed by atoms with Crippen molar-refractivity contribution in [3.05, 3.63) is 27.7 Å². The molecule has 14 heavy (non-hydrogen) atoms. The van der Waals surface area contributed by atoms with Crippen LogP contribution in [0.15, 0.2) is 12.1 Å². The Kier molecular flexibility index (Phi) is 4.60. The SMILES string of the molecule is Nc1cc(Cl)c(C#CCCBr)cc1Cl. The third-order valence-corrected chi connectivity index (χ3v) is 2.57. The molecule has 0 heterocycles. The summed E-state index contributed by atoms with van der Waals surface area (Å²) in [7, 11) is 0. The smallest absolute Gasteiger partial charge is 0.0648 e. The predicted octanol–water partition coefficient (Wildman–Crippen LogP) is 3.71. The number of nitrogens with two attached hydrogens (primary N) is 1. The number of alkyl halides is 1. The zero-order valence-corrected chi connectivity index (χ0v) is 10.4. The Morgan fingerprint density at radius 3 is 2.64 bits per heavy atom. The summed E-state index contributed by atoms with van der Waals surface area (Å²) in [4.78, 5) is 0. The van der Waals surface area contributed by atoms with Crippen LogP contribution < -0.4 is 5.73 Å². The van der Waals surface area contributed by atoms with Crippen LogP contribution in [0.2, 0.25) is 10.0 Å². The molecule has 0 saturated carbocycles. The summed E-state index contributed by atoms with van der Waals surface area (Å²) in [5, 5.41) is 1.87. The van der Waals surface area contributed by atoms with E-state index in [2.05, 4.69) is 27.8 Å². The third kappa shape index (κ3) is 3.09. The highest BCUT2D eigenvalue weighted by Crippen LogP contribution is 2.26. The summed E-state index contributed by atoms with van der Waals surface area (Å²) >= 11 is 15.1. The minimum Gasteiger partial charge on any atom is -0.397 e. The monoisotopic (exact) mass is 291 g/mol. The fourth-order valence-electron chi connectivity index (χ4n) is 0.863. The van der Waals surface area contributed by atoms with Crippen molar-refractivity contribution in [3.63, 3.8) is 0 Å². The molecule has 0 aliphatic rings. The fraction of sp³-hybridized carbons (Fsp3) is 0.200. The lowest BCUT2D eigenvalue weighted by Crippen LogP contribution is -1.88. The van der Waals surface area contributed by atoms with Crippen molar-refractivity contribution < 1.29 is 0 Å². The molecule has 1 nitrogen and oxygen atoms in total. The Morgan fingerprint density at radius 2 is 2.00 bits per heavy atom. The van der Waals surface area contributed by atoms with Gasteiger partial charge in [-0.1, -0.05) is 51.0 Å². The third-order valence-electron chi connectivity index (χ3n) is 1.53. The predicted molar refractivity (Wildman–Crippen MR) is 66.2 cm³/mol. The molecule has 2 N–H and O–H groups in total. The van der Waals surface area contributed by atoms with Crippen molar-refractivity contribution in [1.29, 1.82) is 0 Å². The Morgan fingerprint density at radius 1 is 1.29 bits per heavy atom. The molecule has 0 aromatic heterocycles. The molecule has 0 amide bonds. The summed E-state index contributed by atoms with van der Waals surface area (Å²) in [5.41, 5.74) is 6.76. The minimum absolute atomic E-state index is 0.475. The number of anilines is 1. The van der Waals surface area contributed by atoms with Crippen molar-refractivity contribution in [2.24, 2.45) is 0 Å². The molecule has 1 aromatic carbocycles. The second-order valence-electron chi connectivity index (χ2n) is 2.59. The Balaban J connectivity index is 3.00. The lowest BCUT2D eigenvalue weighted by Gasteiger charge is -2.00. The van der Waals surface area contributed by atoms with E-state index in [0.29, 0.717) is 21.3 Å². The van der Waals surface area contributed by atoms with E-state index in [4.69, 9.17) is 28.9 Å². The standard InChI is InChI=1S/C10H8BrCl2N/c11-4-2-1-3-7-5-9(13)10(14)6-8(7)12/h5-6H,2,4,14H2. The lowest BCUT2D eigenvalue weighted by atomic mass is 10.2. The van der Waals surface area contributed by atoms with Crippen molar-refractivity contribution in [2.75, 3.05) is 11.1 Å². The zero-order chi connectivity index (χ0) is 10.6. The molecule has 0 spiro atoms. The van der Waals surface area contributed by atoms with E-state index in [1.54, 1.807) is 12.1 Å². The first-order valence-corrected chi connectivity index (χ1v) is 5.82. The summed E-state index contributed by atoms with van der Waals surface area (Å²) in [6.07, 6.45) is 0.776.